The molecule has 0 aromatic heterocycles. The van der Waals surface area contributed by atoms with E-state index in [1.165, 1.54) is 25.7 Å². The molecular weight excluding hydrogens is 753 g/mol. The van der Waals surface area contributed by atoms with Crippen LogP contribution in [0.25, 0.3) is 0 Å². The molecule has 0 aliphatic heterocycles. The van der Waals surface area contributed by atoms with Crippen molar-refractivity contribution in [2.75, 3.05) is 0 Å². The zero-order valence-corrected chi connectivity index (χ0v) is 39.6. The summed E-state index contributed by atoms with van der Waals surface area (Å²) >= 11 is 0. The summed E-state index contributed by atoms with van der Waals surface area (Å²) in [4.78, 5) is 0. The zero-order chi connectivity index (χ0) is 44.6. The van der Waals surface area contributed by atoms with Gasteiger partial charge >= 0.3 is 0 Å². The van der Waals surface area contributed by atoms with Gasteiger partial charge < -0.3 is 0 Å². The van der Waals surface area contributed by atoms with E-state index in [2.05, 4.69) is 62.3 Å². The van der Waals surface area contributed by atoms with Gasteiger partial charge in [-0.05, 0) is 141 Å². The minimum Gasteiger partial charge on any atom is -0.247 e. The van der Waals surface area contributed by atoms with Crippen LogP contribution in [-0.2, 0) is 0 Å². The molecule has 348 valence electrons. The average molecular weight is 845 g/mol. The average Bonchev–Trinajstić information content (AvgIpc) is 3.47. The van der Waals surface area contributed by atoms with E-state index in [-0.39, 0.29) is 50.4 Å². The molecule has 6 rings (SSSR count). The Labute approximate surface area is 353 Å². The summed E-state index contributed by atoms with van der Waals surface area (Å²) < 4.78 is 99.4. The lowest BCUT2D eigenvalue weighted by atomic mass is 9.74. The predicted octanol–water partition coefficient (Wildman–Crippen LogP) is 18.3. The molecule has 8 heteroatoms. The summed E-state index contributed by atoms with van der Waals surface area (Å²) in [5.74, 6) is 1.36. The van der Waals surface area contributed by atoms with Crippen LogP contribution in [0.3, 0.4) is 0 Å². The highest BCUT2D eigenvalue weighted by molar-refractivity contribution is 4.87. The molecule has 0 saturated heterocycles. The van der Waals surface area contributed by atoms with Gasteiger partial charge in [-0.1, -0.05) is 109 Å². The van der Waals surface area contributed by atoms with E-state index < -0.39 is 30.1 Å². The van der Waals surface area contributed by atoms with E-state index >= 15 is 0 Å². The Morgan fingerprint density at radius 1 is 0.345 bits per heavy atom. The van der Waals surface area contributed by atoms with E-state index in [1.807, 2.05) is 27.7 Å². The van der Waals surface area contributed by atoms with Gasteiger partial charge in [0.1, 0.15) is 12.3 Å². The fourth-order valence-corrected chi connectivity index (χ4v) is 9.43. The topological polar surface area (TPSA) is 0 Å². The van der Waals surface area contributed by atoms with Gasteiger partial charge in [-0.3, -0.25) is 0 Å². The Morgan fingerprint density at radius 2 is 0.724 bits per heavy atom. The van der Waals surface area contributed by atoms with Crippen LogP contribution in [0.5, 0.6) is 0 Å². The van der Waals surface area contributed by atoms with Crippen LogP contribution < -0.4 is 0 Å². The summed E-state index contributed by atoms with van der Waals surface area (Å²) in [6, 6.07) is 0. The second-order valence-electron chi connectivity index (χ2n) is 21.9. The fourth-order valence-electron chi connectivity index (χ4n) is 9.43. The summed E-state index contributed by atoms with van der Waals surface area (Å²) in [5.41, 5.74) is 0. The fraction of sp³-hybridized carbons (Fsp3) is 1.00. The first-order valence-corrected chi connectivity index (χ1v) is 24.0. The number of rotatable bonds is 6. The van der Waals surface area contributed by atoms with Crippen LogP contribution in [0, 0.1) is 76.9 Å². The van der Waals surface area contributed by atoms with E-state index in [0.717, 1.165) is 68.1 Å². The van der Waals surface area contributed by atoms with Crippen molar-refractivity contribution < 1.29 is 35.1 Å². The first-order valence-electron chi connectivity index (χ1n) is 24.0. The maximum atomic E-state index is 12.6. The predicted molar refractivity (Wildman–Crippen MR) is 231 cm³/mol. The van der Waals surface area contributed by atoms with Crippen LogP contribution in [0.15, 0.2) is 0 Å². The number of halogens is 8. The van der Waals surface area contributed by atoms with Gasteiger partial charge in [0.05, 0.1) is 0 Å². The SMILES string of the molecule is CC(C)C1CC(F)(F)C1.CC(C)C1CC(F)C1.CC(C)C1CCC(F)(F)C1.CC(C)C1CCC(F)(F)CC1.CC(C)C1CCC(F)CC1.CC1CCCC(C(C)C)C1. The second kappa shape index (κ2) is 26.2. The normalized spacial score (nSPS) is 31.6. The summed E-state index contributed by atoms with van der Waals surface area (Å²) in [6.07, 6.45) is 13.2. The Kier molecular flexibility index (Phi) is 25.0. The van der Waals surface area contributed by atoms with Crippen molar-refractivity contribution in [3.8, 4) is 0 Å². The molecule has 0 aromatic carbocycles. The summed E-state index contributed by atoms with van der Waals surface area (Å²) in [7, 11) is 0. The van der Waals surface area contributed by atoms with E-state index in [4.69, 9.17) is 0 Å². The van der Waals surface area contributed by atoms with Gasteiger partial charge in [0.15, 0.2) is 0 Å². The standard InChI is InChI=1S/C10H20.C9H16F2.C9H17F.C8H14F2.C7H12F2.C7H13F/c1-8(2)10-6-4-5-9(3)7-10;1-7(2)8-3-5-9(10,11)6-4-8;1-7(2)8-3-5-9(10)6-4-8;1-6(2)7-3-4-8(9,10)5-7;1-5(2)6-3-7(8,9)4-6;1-5(2)6-3-7(8)4-6/h8-10H,4-7H2,1-3H3;7-8H,3-6H2,1-2H3;7-9H,3-6H2,1-2H3;6-7H,3-5H2,1-2H3;5-6H,3-4H2,1-2H3;5-7H,3-4H2,1-2H3. The van der Waals surface area contributed by atoms with E-state index in [1.54, 1.807) is 0 Å². The summed E-state index contributed by atoms with van der Waals surface area (Å²) in [5, 5.41) is 0. The van der Waals surface area contributed by atoms with Crippen LogP contribution in [0.4, 0.5) is 35.1 Å². The zero-order valence-electron chi connectivity index (χ0n) is 39.6. The van der Waals surface area contributed by atoms with Crippen LogP contribution in [0.1, 0.15) is 212 Å². The largest absolute Gasteiger partial charge is 0.248 e. The molecule has 58 heavy (non-hydrogen) atoms. The lowest BCUT2D eigenvalue weighted by molar-refractivity contribution is -0.122. The Hall–Kier alpha value is -0.560. The molecule has 0 heterocycles. The first kappa shape index (κ1) is 55.5. The highest BCUT2D eigenvalue weighted by Gasteiger charge is 2.46. The highest BCUT2D eigenvalue weighted by atomic mass is 19.3. The molecule has 0 amide bonds. The molecular formula is C50H92F8. The van der Waals surface area contributed by atoms with Crippen molar-refractivity contribution in [2.45, 2.75) is 242 Å². The van der Waals surface area contributed by atoms with Gasteiger partial charge in [-0.15, -0.1) is 0 Å². The van der Waals surface area contributed by atoms with Gasteiger partial charge in [0.2, 0.25) is 17.8 Å². The number of hydrogen-bond donors (Lipinski definition) is 0. The smallest absolute Gasteiger partial charge is 0.247 e. The third-order valence-electron chi connectivity index (χ3n) is 14.8. The quantitative estimate of drug-likeness (QED) is 0.234. The second-order valence-corrected chi connectivity index (χ2v) is 21.9. The van der Waals surface area contributed by atoms with Crippen LogP contribution in [-0.4, -0.2) is 30.1 Å². The Bertz CT molecular complexity index is 1010. The maximum absolute atomic E-state index is 12.6. The van der Waals surface area contributed by atoms with Crippen LogP contribution in [0.2, 0.25) is 0 Å². The summed E-state index contributed by atoms with van der Waals surface area (Å²) in [6.45, 7) is 28.2. The molecule has 0 N–H and O–H groups in total. The molecule has 0 radical (unpaired) electrons. The van der Waals surface area contributed by atoms with Gasteiger partial charge in [0.25, 0.3) is 0 Å². The van der Waals surface area contributed by atoms with Gasteiger partial charge in [-0.2, -0.15) is 0 Å². The first-order chi connectivity index (χ1) is 26.6. The Balaban J connectivity index is 0.000000349. The van der Waals surface area contributed by atoms with Gasteiger partial charge in [0, 0.05) is 38.5 Å². The van der Waals surface area contributed by atoms with Crippen molar-refractivity contribution in [1.82, 2.24) is 0 Å². The molecule has 3 unspecified atom stereocenters. The minimum atomic E-state index is -2.36. The Morgan fingerprint density at radius 3 is 1.00 bits per heavy atom. The molecule has 6 fully saturated rings. The number of hydrogen-bond acceptors (Lipinski definition) is 0. The monoisotopic (exact) mass is 845 g/mol. The molecule has 0 bridgehead atoms. The van der Waals surface area contributed by atoms with E-state index in [0.29, 0.717) is 54.8 Å². The van der Waals surface area contributed by atoms with Crippen molar-refractivity contribution in [3.05, 3.63) is 0 Å². The lowest BCUT2D eigenvalue weighted by Crippen LogP contribution is -2.37. The maximum Gasteiger partial charge on any atom is 0.248 e. The third kappa shape index (κ3) is 23.0. The van der Waals surface area contributed by atoms with Crippen molar-refractivity contribution in [3.63, 3.8) is 0 Å². The molecule has 6 aliphatic carbocycles. The molecule has 6 saturated carbocycles. The molecule has 0 nitrogen and oxygen atoms in total. The number of alkyl halides is 8. The molecule has 3 atom stereocenters. The minimum absolute atomic E-state index is 0.107. The third-order valence-corrected chi connectivity index (χ3v) is 14.8. The molecule has 0 spiro atoms. The van der Waals surface area contributed by atoms with Crippen LogP contribution >= 0.6 is 0 Å². The van der Waals surface area contributed by atoms with Crippen molar-refractivity contribution in [1.29, 1.82) is 0 Å². The van der Waals surface area contributed by atoms with Gasteiger partial charge in [-0.25, -0.2) is 35.1 Å². The lowest BCUT2D eigenvalue weighted by Gasteiger charge is -2.37. The highest BCUT2D eigenvalue weighted by Crippen LogP contribution is 2.46. The van der Waals surface area contributed by atoms with Crippen molar-refractivity contribution >= 4 is 0 Å². The van der Waals surface area contributed by atoms with Crippen molar-refractivity contribution in [2.24, 2.45) is 76.9 Å². The molecule has 6 aliphatic rings. The van der Waals surface area contributed by atoms with E-state index in [9.17, 15) is 35.1 Å². The molecule has 0 aromatic rings.